The van der Waals surface area contributed by atoms with E-state index in [-0.39, 0.29) is 0 Å². The lowest BCUT2D eigenvalue weighted by atomic mass is 10.3. The zero-order valence-electron chi connectivity index (χ0n) is 7.89. The summed E-state index contributed by atoms with van der Waals surface area (Å²) in [4.78, 5) is 19.3. The Bertz CT molecular complexity index is 476. The highest BCUT2D eigenvalue weighted by Crippen LogP contribution is 2.31. The highest BCUT2D eigenvalue weighted by Gasteiger charge is 2.44. The fourth-order valence-electron chi connectivity index (χ4n) is 0.901. The quantitative estimate of drug-likeness (QED) is 0.650. The van der Waals surface area contributed by atoms with Gasteiger partial charge in [0.05, 0.1) is 11.0 Å². The summed E-state index contributed by atoms with van der Waals surface area (Å²) in [6, 6.07) is 1.51. The molecule has 0 saturated carbocycles. The van der Waals surface area contributed by atoms with E-state index < -0.39 is 34.3 Å². The van der Waals surface area contributed by atoms with Crippen LogP contribution in [0.15, 0.2) is 18.2 Å². The molecule has 0 amide bonds. The summed E-state index contributed by atoms with van der Waals surface area (Å²) in [6.45, 7) is 0. The number of hydrogen-bond donors (Lipinski definition) is 1. The van der Waals surface area contributed by atoms with Gasteiger partial charge in [0.15, 0.2) is 0 Å². The van der Waals surface area contributed by atoms with E-state index in [0.717, 1.165) is 0 Å². The van der Waals surface area contributed by atoms with Gasteiger partial charge >= 0.3 is 17.8 Å². The van der Waals surface area contributed by atoms with Crippen molar-refractivity contribution in [3.63, 3.8) is 0 Å². The predicted octanol–water partition coefficient (Wildman–Crippen LogP) is 1.79. The minimum atomic E-state index is -4.64. The summed E-state index contributed by atoms with van der Waals surface area (Å²) in [7, 11) is 0. The molecule has 0 aliphatic carbocycles. The van der Waals surface area contributed by atoms with Crippen LogP contribution in [0.25, 0.3) is 0 Å². The molecule has 1 rings (SSSR count). The Morgan fingerprint density at radius 3 is 2.53 bits per heavy atom. The largest absolute Gasteiger partial charge is 0.502 e. The SMILES string of the molecule is O=C(O)C(F)(F)Oc1ccc(F)cc1[N+](=O)[O-]. The number of carboxylic acids is 1. The molecule has 1 aromatic carbocycles. The Balaban J connectivity index is 3.15. The van der Waals surface area contributed by atoms with Crippen molar-refractivity contribution in [2.45, 2.75) is 6.11 Å². The van der Waals surface area contributed by atoms with Crippen molar-refractivity contribution < 1.29 is 32.7 Å². The van der Waals surface area contributed by atoms with Crippen molar-refractivity contribution in [2.24, 2.45) is 0 Å². The number of alkyl halides is 2. The van der Waals surface area contributed by atoms with E-state index in [1.807, 2.05) is 0 Å². The van der Waals surface area contributed by atoms with Crippen LogP contribution in [-0.2, 0) is 4.79 Å². The second kappa shape index (κ2) is 4.28. The van der Waals surface area contributed by atoms with Crippen LogP contribution in [0.4, 0.5) is 18.9 Å². The lowest BCUT2D eigenvalue weighted by Gasteiger charge is -2.12. The first kappa shape index (κ1) is 12.7. The second-order valence-corrected chi connectivity index (χ2v) is 2.79. The first-order valence-corrected chi connectivity index (χ1v) is 3.98. The fraction of sp³-hybridized carbons (Fsp3) is 0.125. The minimum Gasteiger partial charge on any atom is -0.474 e. The average Bonchev–Trinajstić information content (AvgIpc) is 2.19. The van der Waals surface area contributed by atoms with E-state index >= 15 is 0 Å². The van der Waals surface area contributed by atoms with Gasteiger partial charge in [0.1, 0.15) is 5.82 Å². The van der Waals surface area contributed by atoms with Crippen LogP contribution in [0.5, 0.6) is 5.75 Å². The molecule has 9 heteroatoms. The summed E-state index contributed by atoms with van der Waals surface area (Å²) in [5, 5.41) is 18.5. The molecule has 17 heavy (non-hydrogen) atoms. The number of ether oxygens (including phenoxy) is 1. The van der Waals surface area contributed by atoms with Crippen LogP contribution in [0.3, 0.4) is 0 Å². The van der Waals surface area contributed by atoms with E-state index in [0.29, 0.717) is 18.2 Å². The molecule has 0 atom stereocenters. The van der Waals surface area contributed by atoms with Crippen LogP contribution in [0.2, 0.25) is 0 Å². The normalized spacial score (nSPS) is 11.0. The van der Waals surface area contributed by atoms with Gasteiger partial charge in [-0.2, -0.15) is 8.78 Å². The molecule has 0 aliphatic rings. The average molecular weight is 251 g/mol. The van der Waals surface area contributed by atoms with Crippen molar-refractivity contribution in [1.29, 1.82) is 0 Å². The zero-order chi connectivity index (χ0) is 13.2. The summed E-state index contributed by atoms with van der Waals surface area (Å²) in [5.74, 6) is -4.69. The number of nitro groups is 1. The third-order valence-electron chi connectivity index (χ3n) is 1.60. The second-order valence-electron chi connectivity index (χ2n) is 2.79. The van der Waals surface area contributed by atoms with Gasteiger partial charge in [0, 0.05) is 0 Å². The number of carboxylic acid groups (broad SMARTS) is 1. The van der Waals surface area contributed by atoms with Crippen LogP contribution >= 0.6 is 0 Å². The summed E-state index contributed by atoms with van der Waals surface area (Å²) in [6.07, 6.45) is -4.64. The molecule has 0 aromatic heterocycles. The van der Waals surface area contributed by atoms with E-state index in [2.05, 4.69) is 4.74 Å². The highest BCUT2D eigenvalue weighted by atomic mass is 19.3. The monoisotopic (exact) mass is 251 g/mol. The third kappa shape index (κ3) is 2.83. The van der Waals surface area contributed by atoms with Gasteiger partial charge in [0.2, 0.25) is 5.75 Å². The van der Waals surface area contributed by atoms with E-state index in [4.69, 9.17) is 5.11 Å². The maximum Gasteiger partial charge on any atom is 0.502 e. The van der Waals surface area contributed by atoms with E-state index in [1.54, 1.807) is 0 Å². The molecule has 0 unspecified atom stereocenters. The van der Waals surface area contributed by atoms with Crippen LogP contribution in [0.1, 0.15) is 0 Å². The van der Waals surface area contributed by atoms with Gasteiger partial charge in [0.25, 0.3) is 0 Å². The lowest BCUT2D eigenvalue weighted by molar-refractivity contribution is -0.387. The minimum absolute atomic E-state index is 0.341. The lowest BCUT2D eigenvalue weighted by Crippen LogP contribution is -2.35. The number of carbonyl (C=O) groups is 1. The molecule has 92 valence electrons. The maximum atomic E-state index is 12.6. The molecule has 0 bridgehead atoms. The molecule has 0 radical (unpaired) electrons. The molecule has 0 aliphatic heterocycles. The maximum absolute atomic E-state index is 12.6. The molecular weight excluding hydrogens is 247 g/mol. The number of benzene rings is 1. The van der Waals surface area contributed by atoms with Crippen molar-refractivity contribution in [3.8, 4) is 5.75 Å². The predicted molar refractivity (Wildman–Crippen MR) is 46.3 cm³/mol. The molecule has 0 spiro atoms. The van der Waals surface area contributed by atoms with Gasteiger partial charge in [-0.15, -0.1) is 0 Å². The standard InChI is InChI=1S/C8H4F3NO5/c9-4-1-2-6(5(3-4)12(15)16)17-8(10,11)7(13)14/h1-3H,(H,13,14). The number of halogens is 3. The Morgan fingerprint density at radius 1 is 1.47 bits per heavy atom. The van der Waals surface area contributed by atoms with Crippen molar-refractivity contribution in [2.75, 3.05) is 0 Å². The fourth-order valence-corrected chi connectivity index (χ4v) is 0.901. The smallest absolute Gasteiger partial charge is 0.474 e. The summed E-state index contributed by atoms with van der Waals surface area (Å²) >= 11 is 0. The number of hydrogen-bond acceptors (Lipinski definition) is 4. The number of nitrogens with zero attached hydrogens (tertiary/aromatic N) is 1. The van der Waals surface area contributed by atoms with E-state index in [9.17, 15) is 28.1 Å². The van der Waals surface area contributed by atoms with Gasteiger partial charge < -0.3 is 9.84 Å². The molecule has 6 nitrogen and oxygen atoms in total. The molecule has 1 N–H and O–H groups in total. The summed E-state index contributed by atoms with van der Waals surface area (Å²) in [5.41, 5.74) is -1.09. The summed E-state index contributed by atoms with van der Waals surface area (Å²) < 4.78 is 41.6. The molecule has 1 aromatic rings. The topological polar surface area (TPSA) is 89.7 Å². The van der Waals surface area contributed by atoms with Crippen molar-refractivity contribution >= 4 is 11.7 Å². The number of nitro benzene ring substituents is 1. The van der Waals surface area contributed by atoms with Gasteiger partial charge in [-0.05, 0) is 12.1 Å². The molecular formula is C8H4F3NO5. The van der Waals surface area contributed by atoms with Crippen LogP contribution < -0.4 is 4.74 Å². The molecule has 0 saturated heterocycles. The van der Waals surface area contributed by atoms with Gasteiger partial charge in [-0.1, -0.05) is 0 Å². The Kier molecular flexibility index (Phi) is 3.21. The van der Waals surface area contributed by atoms with Crippen molar-refractivity contribution in [1.82, 2.24) is 0 Å². The van der Waals surface area contributed by atoms with Crippen LogP contribution in [-0.4, -0.2) is 22.1 Å². The molecule has 0 fully saturated rings. The zero-order valence-corrected chi connectivity index (χ0v) is 7.89. The van der Waals surface area contributed by atoms with Crippen LogP contribution in [0, 0.1) is 15.9 Å². The first-order valence-electron chi connectivity index (χ1n) is 3.98. The van der Waals surface area contributed by atoms with E-state index in [1.165, 1.54) is 0 Å². The number of aliphatic carboxylic acids is 1. The number of rotatable bonds is 4. The Hall–Kier alpha value is -2.32. The van der Waals surface area contributed by atoms with Gasteiger partial charge in [-0.3, -0.25) is 10.1 Å². The van der Waals surface area contributed by atoms with Gasteiger partial charge in [-0.25, -0.2) is 9.18 Å². The highest BCUT2D eigenvalue weighted by molar-refractivity contribution is 5.74. The first-order chi connectivity index (χ1) is 7.74. The Morgan fingerprint density at radius 2 is 2.06 bits per heavy atom. The Labute approximate surface area is 91.4 Å². The molecule has 0 heterocycles. The van der Waals surface area contributed by atoms with Crippen molar-refractivity contribution in [3.05, 3.63) is 34.1 Å². The third-order valence-corrected chi connectivity index (χ3v) is 1.60.